The van der Waals surface area contributed by atoms with E-state index in [4.69, 9.17) is 9.47 Å². The van der Waals surface area contributed by atoms with E-state index in [1.165, 1.54) is 62.5 Å². The maximum Gasteiger partial charge on any atom is 0.123 e. The van der Waals surface area contributed by atoms with Crippen LogP contribution in [0.1, 0.15) is 136 Å². The van der Waals surface area contributed by atoms with Crippen molar-refractivity contribution in [3.8, 4) is 11.5 Å². The largest absolute Gasteiger partial charge is 0.493 e. The molecule has 214 valence electrons. The molecule has 2 nitrogen and oxygen atoms in total. The van der Waals surface area contributed by atoms with Crippen molar-refractivity contribution in [3.63, 3.8) is 0 Å². The molecule has 5 rings (SSSR count). The van der Waals surface area contributed by atoms with Gasteiger partial charge in [0.15, 0.2) is 0 Å². The van der Waals surface area contributed by atoms with E-state index in [9.17, 15) is 0 Å². The van der Waals surface area contributed by atoms with E-state index in [1.54, 1.807) is 22.3 Å². The van der Waals surface area contributed by atoms with Crippen LogP contribution in [0.25, 0.3) is 0 Å². The predicted molar refractivity (Wildman–Crippen MR) is 168 cm³/mol. The number of rotatable bonds is 0. The summed E-state index contributed by atoms with van der Waals surface area (Å²) in [4.78, 5) is 0. The Morgan fingerprint density at radius 1 is 0.514 bits per heavy atom. The zero-order valence-electron chi connectivity index (χ0n) is 24.5. The number of ether oxygens (including phenoxy) is 2. The molecule has 2 heteroatoms. The molecule has 0 unspecified atom stereocenters. The van der Waals surface area contributed by atoms with E-state index in [1.807, 2.05) is 55.4 Å². The fourth-order valence-electron chi connectivity index (χ4n) is 5.11. The lowest BCUT2D eigenvalue weighted by atomic mass is 9.82. The van der Waals surface area contributed by atoms with Crippen molar-refractivity contribution in [1.29, 1.82) is 0 Å². The minimum Gasteiger partial charge on any atom is -0.493 e. The van der Waals surface area contributed by atoms with Gasteiger partial charge in [-0.25, -0.2) is 0 Å². The van der Waals surface area contributed by atoms with E-state index in [2.05, 4.69) is 31.2 Å². The molecule has 0 N–H and O–H groups in total. The monoisotopic (exact) mass is 514 g/mol. The summed E-state index contributed by atoms with van der Waals surface area (Å²) in [6.45, 7) is 19.7. The van der Waals surface area contributed by atoms with Gasteiger partial charge >= 0.3 is 0 Å². The van der Waals surface area contributed by atoms with Crippen molar-refractivity contribution in [1.82, 2.24) is 0 Å². The third-order valence-electron chi connectivity index (χ3n) is 6.62. The van der Waals surface area contributed by atoms with Gasteiger partial charge in [0.2, 0.25) is 0 Å². The van der Waals surface area contributed by atoms with Crippen LogP contribution in [0.4, 0.5) is 0 Å². The average molecular weight is 515 g/mol. The fraction of sp³-hybridized carbons (Fsp3) is 0.657. The van der Waals surface area contributed by atoms with E-state index in [0.29, 0.717) is 5.92 Å². The summed E-state index contributed by atoms with van der Waals surface area (Å²) in [5, 5.41) is 0. The first-order chi connectivity index (χ1) is 17.3. The summed E-state index contributed by atoms with van der Waals surface area (Å²) >= 11 is 0. The zero-order chi connectivity index (χ0) is 26.2. The molecule has 3 aliphatic rings. The van der Waals surface area contributed by atoms with Crippen LogP contribution in [-0.4, -0.2) is 13.2 Å². The van der Waals surface area contributed by atoms with Gasteiger partial charge in [0.25, 0.3) is 0 Å². The van der Waals surface area contributed by atoms with Gasteiger partial charge in [-0.05, 0) is 85.8 Å². The van der Waals surface area contributed by atoms with Crippen LogP contribution in [-0.2, 0) is 32.1 Å². The molecule has 0 amide bonds. The third-order valence-corrected chi connectivity index (χ3v) is 6.62. The molecule has 0 bridgehead atoms. The zero-order valence-corrected chi connectivity index (χ0v) is 24.5. The second-order valence-electron chi connectivity index (χ2n) is 8.68. The molecule has 0 aromatic heterocycles. The highest BCUT2D eigenvalue weighted by Crippen LogP contribution is 2.39. The molecule has 0 saturated carbocycles. The summed E-state index contributed by atoms with van der Waals surface area (Å²) in [6.07, 6.45) is 11.0. The molecule has 2 aliphatic carbocycles. The Labute approximate surface area is 232 Å². The van der Waals surface area contributed by atoms with Crippen molar-refractivity contribution in [2.45, 2.75) is 135 Å². The Morgan fingerprint density at radius 3 is 1.24 bits per heavy atom. The van der Waals surface area contributed by atoms with Gasteiger partial charge < -0.3 is 9.47 Å². The second kappa shape index (κ2) is 21.0. The number of hydrogen-bond donors (Lipinski definition) is 0. The maximum absolute atomic E-state index is 6.32. The van der Waals surface area contributed by atoms with E-state index >= 15 is 0 Å². The van der Waals surface area contributed by atoms with Crippen molar-refractivity contribution in [2.75, 3.05) is 13.2 Å². The lowest BCUT2D eigenvalue weighted by Gasteiger charge is -2.28. The summed E-state index contributed by atoms with van der Waals surface area (Å²) in [5.74, 6) is 2.61. The Morgan fingerprint density at radius 2 is 0.865 bits per heavy atom. The Bertz CT molecular complexity index is 783. The van der Waals surface area contributed by atoms with E-state index in [0.717, 1.165) is 31.1 Å². The molecule has 1 aliphatic heterocycles. The molecular formula is C35H62O2. The fourth-order valence-corrected chi connectivity index (χ4v) is 5.11. The molecule has 0 saturated heterocycles. The summed E-state index contributed by atoms with van der Waals surface area (Å²) in [5.41, 5.74) is 9.08. The predicted octanol–water partition coefficient (Wildman–Crippen LogP) is 10.8. The quantitative estimate of drug-likeness (QED) is 0.348. The number of fused-ring (bicyclic) bond motifs is 6. The molecule has 0 fully saturated rings. The smallest absolute Gasteiger partial charge is 0.123 e. The first-order valence-corrected chi connectivity index (χ1v) is 14.8. The van der Waals surface area contributed by atoms with Crippen LogP contribution in [0.3, 0.4) is 0 Å². The lowest BCUT2D eigenvalue weighted by Crippen LogP contribution is -2.21. The molecule has 0 radical (unpaired) electrons. The van der Waals surface area contributed by atoms with Gasteiger partial charge in [-0.2, -0.15) is 0 Å². The summed E-state index contributed by atoms with van der Waals surface area (Å²) < 4.78 is 12.6. The van der Waals surface area contributed by atoms with E-state index < -0.39 is 0 Å². The highest BCUT2D eigenvalue weighted by atomic mass is 16.5. The SMILES string of the molecule is C.C.CC.CC.CC.CC.CC1COc2ccc3c(c2Cc2c(ccc4c2CCCC4)OC1)CCCC3. The first-order valence-electron chi connectivity index (χ1n) is 14.8. The normalized spacial score (nSPS) is 14.9. The van der Waals surface area contributed by atoms with E-state index in [-0.39, 0.29) is 14.9 Å². The number of aryl methyl sites for hydroxylation is 2. The highest BCUT2D eigenvalue weighted by Gasteiger charge is 2.24. The van der Waals surface area contributed by atoms with Crippen LogP contribution in [0.15, 0.2) is 24.3 Å². The van der Waals surface area contributed by atoms with Crippen molar-refractivity contribution >= 4 is 0 Å². The maximum atomic E-state index is 6.32. The van der Waals surface area contributed by atoms with Crippen molar-refractivity contribution in [2.24, 2.45) is 5.92 Å². The molecule has 37 heavy (non-hydrogen) atoms. The topological polar surface area (TPSA) is 18.5 Å². The number of hydrogen-bond acceptors (Lipinski definition) is 2. The van der Waals surface area contributed by atoms with Crippen LogP contribution in [0.5, 0.6) is 11.5 Å². The Hall–Kier alpha value is -1.96. The minimum absolute atomic E-state index is 0. The Balaban J connectivity index is 0. The molecule has 2 aromatic carbocycles. The van der Waals surface area contributed by atoms with Gasteiger partial charge in [0.05, 0.1) is 13.2 Å². The van der Waals surface area contributed by atoms with Gasteiger partial charge in [0, 0.05) is 23.5 Å². The number of benzene rings is 2. The Kier molecular flexibility index (Phi) is 21.1. The van der Waals surface area contributed by atoms with Gasteiger partial charge in [-0.15, -0.1) is 0 Å². The molecule has 0 atom stereocenters. The van der Waals surface area contributed by atoms with Gasteiger partial charge in [0.1, 0.15) is 11.5 Å². The van der Waals surface area contributed by atoms with Crippen LogP contribution in [0, 0.1) is 5.92 Å². The molecule has 0 spiro atoms. The third kappa shape index (κ3) is 9.69. The van der Waals surface area contributed by atoms with Gasteiger partial charge in [-0.1, -0.05) is 89.3 Å². The molecule has 1 heterocycles. The van der Waals surface area contributed by atoms with Crippen LogP contribution < -0.4 is 9.47 Å². The molecule has 2 aromatic rings. The summed E-state index contributed by atoms with van der Waals surface area (Å²) in [6, 6.07) is 9.12. The van der Waals surface area contributed by atoms with Crippen molar-refractivity contribution in [3.05, 3.63) is 57.6 Å². The van der Waals surface area contributed by atoms with Gasteiger partial charge in [-0.3, -0.25) is 0 Å². The minimum atomic E-state index is 0. The highest BCUT2D eigenvalue weighted by molar-refractivity contribution is 5.54. The molecular weight excluding hydrogens is 452 g/mol. The van der Waals surface area contributed by atoms with Crippen LogP contribution >= 0.6 is 0 Å². The lowest BCUT2D eigenvalue weighted by molar-refractivity contribution is 0.184. The second-order valence-corrected chi connectivity index (χ2v) is 8.68. The summed E-state index contributed by atoms with van der Waals surface area (Å²) in [7, 11) is 0. The van der Waals surface area contributed by atoms with Crippen molar-refractivity contribution < 1.29 is 9.47 Å². The average Bonchev–Trinajstić information content (AvgIpc) is 2.96. The standard InChI is InChI=1S/C25H30O2.4C2H6.2CH4/c1-17-15-26-24-12-10-18-6-2-4-8-20(18)22(24)14-23-21-9-5-3-7-19(21)11-13-25(23)27-16-17;4*1-2;;/h10-13,17H,2-9,14-16H2,1H3;4*1-2H3;2*1H4. The van der Waals surface area contributed by atoms with Crippen LogP contribution in [0.2, 0.25) is 0 Å². The first kappa shape index (κ1) is 37.2.